The minimum atomic E-state index is -3.73. The van der Waals surface area contributed by atoms with Gasteiger partial charge >= 0.3 is 0 Å². The molecule has 1 heterocycles. The number of ether oxygens (including phenoxy) is 3. The van der Waals surface area contributed by atoms with E-state index in [0.717, 1.165) is 23.6 Å². The number of aliphatic hydroxyl groups is 1. The predicted molar refractivity (Wildman–Crippen MR) is 268 cm³/mol. The maximum absolute atomic E-state index is 15.3. The van der Waals surface area contributed by atoms with Gasteiger partial charge in [-0.05, 0) is 108 Å². The molecule has 0 saturated heterocycles. The zero-order chi connectivity index (χ0) is 50.9. The van der Waals surface area contributed by atoms with Crippen molar-refractivity contribution in [3.63, 3.8) is 0 Å². The number of hydrogen-bond donors (Lipinski definition) is 3. The summed E-state index contributed by atoms with van der Waals surface area (Å²) in [4.78, 5) is 8.18. The lowest BCUT2D eigenvalue weighted by atomic mass is 9.65. The van der Waals surface area contributed by atoms with Crippen LogP contribution in [0.25, 0.3) is 0 Å². The number of anilines is 2. The summed E-state index contributed by atoms with van der Waals surface area (Å²) in [6.45, 7) is 3.76. The van der Waals surface area contributed by atoms with Crippen molar-refractivity contribution in [3.8, 4) is 29.4 Å². The second kappa shape index (κ2) is 22.7. The maximum Gasteiger partial charge on any atom is 0.236 e. The summed E-state index contributed by atoms with van der Waals surface area (Å²) in [6.07, 6.45) is 4.32. The van der Waals surface area contributed by atoms with Crippen LogP contribution in [0.4, 0.5) is 16.0 Å². The molecule has 0 saturated carbocycles. The van der Waals surface area contributed by atoms with E-state index in [2.05, 4.69) is 31.6 Å². The second-order valence-corrected chi connectivity index (χ2v) is 21.4. The molecule has 14 nitrogen and oxygen atoms in total. The van der Waals surface area contributed by atoms with Crippen molar-refractivity contribution in [3.05, 3.63) is 169 Å². The van der Waals surface area contributed by atoms with Crippen LogP contribution >= 0.6 is 34.8 Å². The molecule has 366 valence electrons. The van der Waals surface area contributed by atoms with Gasteiger partial charge in [0, 0.05) is 34.2 Å². The molecule has 70 heavy (non-hydrogen) atoms. The Balaban J connectivity index is 1.39. The van der Waals surface area contributed by atoms with Crippen LogP contribution in [0.2, 0.25) is 10.0 Å². The number of alkyl halides is 1. The van der Waals surface area contributed by atoms with Crippen LogP contribution < -0.4 is 23.7 Å². The fourth-order valence-corrected chi connectivity index (χ4v) is 9.58. The molecule has 0 amide bonds. The lowest BCUT2D eigenvalue weighted by Gasteiger charge is -2.38. The maximum atomic E-state index is 15.3. The van der Waals surface area contributed by atoms with Crippen LogP contribution in [-0.2, 0) is 50.5 Å². The first-order valence-corrected chi connectivity index (χ1v) is 26.6. The smallest absolute Gasteiger partial charge is 0.236 e. The predicted octanol–water partition coefficient (Wildman–Crippen LogP) is 9.81. The molecule has 0 radical (unpaired) electrons. The van der Waals surface area contributed by atoms with Crippen LogP contribution in [0, 0.1) is 28.5 Å². The fraction of sp³-hybridized carbons (Fsp3) is 0.280. The fourth-order valence-electron chi connectivity index (χ4n) is 7.93. The molecule has 0 aliphatic rings. The van der Waals surface area contributed by atoms with Crippen LogP contribution in [-0.4, -0.2) is 63.5 Å². The molecule has 2 atom stereocenters. The molecular weight excluding hydrogens is 1000 g/mol. The Morgan fingerprint density at radius 3 is 1.83 bits per heavy atom. The molecule has 1 aromatic heterocycles. The zero-order valence-electron chi connectivity index (χ0n) is 38.4. The van der Waals surface area contributed by atoms with Crippen molar-refractivity contribution < 1.29 is 40.5 Å². The van der Waals surface area contributed by atoms with Crippen molar-refractivity contribution >= 4 is 66.5 Å². The average molecular weight is 1050 g/mol. The largest absolute Gasteiger partial charge is 0.489 e. The van der Waals surface area contributed by atoms with E-state index in [0.29, 0.717) is 57.3 Å². The monoisotopic (exact) mass is 1050 g/mol. The minimum Gasteiger partial charge on any atom is -0.489 e. The van der Waals surface area contributed by atoms with Gasteiger partial charge in [0.1, 0.15) is 37.4 Å². The summed E-state index contributed by atoms with van der Waals surface area (Å²) < 4.78 is 84.7. The van der Waals surface area contributed by atoms with Gasteiger partial charge < -0.3 is 19.3 Å². The third-order valence-electron chi connectivity index (χ3n) is 11.7. The van der Waals surface area contributed by atoms with E-state index >= 15 is 4.39 Å². The highest BCUT2D eigenvalue weighted by Crippen LogP contribution is 2.47. The number of nitrogens with one attached hydrogen (secondary N) is 2. The van der Waals surface area contributed by atoms with Gasteiger partial charge in [0.15, 0.2) is 11.6 Å². The number of nitriles is 2. The van der Waals surface area contributed by atoms with Crippen molar-refractivity contribution in [2.24, 2.45) is 0 Å². The van der Waals surface area contributed by atoms with Gasteiger partial charge in [0.25, 0.3) is 0 Å². The summed E-state index contributed by atoms with van der Waals surface area (Å²) in [5.41, 5.74) is 2.62. The van der Waals surface area contributed by atoms with Crippen molar-refractivity contribution in [2.45, 2.75) is 57.2 Å². The third-order valence-corrected chi connectivity index (χ3v) is 13.6. The zero-order valence-corrected chi connectivity index (χ0v) is 42.3. The SMILES string of the molecule is CC(CCC(C)(c1ccc(OCc2cccc(NS(C)(=O)=O)c2F)cc1)c1cc(Cl)c(OCCCl)c(C#N)c1)(c1ccc(OCc2ccnc(NS(C)(=O)=O)n2)cc1)c1cc(Cl)c(CCO)c(C#N)c1. The molecule has 0 spiro atoms. The number of hydrogen-bond acceptors (Lipinski definition) is 12. The van der Waals surface area contributed by atoms with Gasteiger partial charge in [-0.2, -0.15) is 10.5 Å². The second-order valence-electron chi connectivity index (χ2n) is 16.7. The Hall–Kier alpha value is -6.18. The molecule has 6 aromatic rings. The number of nitrogens with zero attached hydrogens (tertiary/aromatic N) is 4. The molecule has 3 N–H and O–H groups in total. The van der Waals surface area contributed by atoms with Crippen molar-refractivity contribution in [1.82, 2.24) is 9.97 Å². The molecule has 0 fully saturated rings. The van der Waals surface area contributed by atoms with Crippen LogP contribution in [0.3, 0.4) is 0 Å². The van der Waals surface area contributed by atoms with Crippen LogP contribution in [0.5, 0.6) is 17.2 Å². The summed E-state index contributed by atoms with van der Waals surface area (Å²) in [7, 11) is -7.33. The van der Waals surface area contributed by atoms with Crippen LogP contribution in [0.1, 0.15) is 76.9 Å². The van der Waals surface area contributed by atoms with E-state index in [1.807, 2.05) is 44.2 Å². The Kier molecular flexibility index (Phi) is 17.3. The highest BCUT2D eigenvalue weighted by Gasteiger charge is 2.37. The molecule has 20 heteroatoms. The number of aliphatic hydroxyl groups excluding tert-OH is 1. The highest BCUT2D eigenvalue weighted by atomic mass is 35.5. The normalized spacial score (nSPS) is 13.2. The molecular formula is C50H48Cl3FN6O8S2. The van der Waals surface area contributed by atoms with Crippen molar-refractivity contribution in [2.75, 3.05) is 41.0 Å². The van der Waals surface area contributed by atoms with E-state index < -0.39 is 36.7 Å². The van der Waals surface area contributed by atoms with E-state index in [9.17, 15) is 32.5 Å². The standard InChI is InChI=1S/C50H48Cl3FN6O8S2/c1-49(37-24-33(28-55)42(17-22-61)43(52)26-37,35-10-14-41(15-11-35)68-31-39-16-21-57-48(58-39)60-70(4,64)65)18-19-50(2,38-25-34(29-56)47(44(53)27-38)66-23-20-51)36-8-12-40(13-9-36)67-30-32-6-5-7-45(46(32)54)59-69(3,62)63/h5-16,21,24-27,59,61H,17-20,22-23,30-31H2,1-4H3,(H,57,58,60). The molecule has 0 aliphatic carbocycles. The Morgan fingerprint density at radius 1 is 0.729 bits per heavy atom. The average Bonchev–Trinajstić information content (AvgIpc) is 3.32. The van der Waals surface area contributed by atoms with Gasteiger partial charge in [0.2, 0.25) is 26.0 Å². The number of rotatable bonds is 22. The summed E-state index contributed by atoms with van der Waals surface area (Å²) in [5.74, 6) is 0.394. The molecule has 2 unspecified atom stereocenters. The Bertz CT molecular complexity index is 3180. The highest BCUT2D eigenvalue weighted by molar-refractivity contribution is 7.92. The number of benzene rings is 5. The Morgan fingerprint density at radius 2 is 1.29 bits per heavy atom. The number of halogens is 4. The molecule has 0 bridgehead atoms. The van der Waals surface area contributed by atoms with E-state index in [-0.39, 0.29) is 72.3 Å². The first kappa shape index (κ1) is 53.2. The molecule has 5 aromatic carbocycles. The summed E-state index contributed by atoms with van der Waals surface area (Å²) in [5, 5.41) is 31.0. The first-order valence-electron chi connectivity index (χ1n) is 21.5. The van der Waals surface area contributed by atoms with Gasteiger partial charge in [-0.1, -0.05) is 73.4 Å². The lowest BCUT2D eigenvalue weighted by molar-refractivity contribution is 0.299. The van der Waals surface area contributed by atoms with Gasteiger partial charge in [-0.25, -0.2) is 31.2 Å². The number of sulfonamides is 2. The number of aromatic nitrogens is 2. The summed E-state index contributed by atoms with van der Waals surface area (Å²) >= 11 is 19.7. The molecule has 6 rings (SSSR count). The minimum absolute atomic E-state index is 0.00308. The summed E-state index contributed by atoms with van der Waals surface area (Å²) in [6, 6.07) is 32.1. The van der Waals surface area contributed by atoms with E-state index in [1.165, 1.54) is 24.4 Å². The molecule has 0 aliphatic heterocycles. The third kappa shape index (κ3) is 13.2. The van der Waals surface area contributed by atoms with Gasteiger partial charge in [0.05, 0.1) is 52.0 Å². The topological polar surface area (TPSA) is 214 Å². The quantitative estimate of drug-likeness (QED) is 0.0542. The first-order chi connectivity index (χ1) is 33.2. The van der Waals surface area contributed by atoms with E-state index in [1.54, 1.807) is 48.5 Å². The van der Waals surface area contributed by atoms with E-state index in [4.69, 9.17) is 49.0 Å². The van der Waals surface area contributed by atoms with Crippen LogP contribution in [0.15, 0.2) is 103 Å². The van der Waals surface area contributed by atoms with Crippen molar-refractivity contribution in [1.29, 1.82) is 10.5 Å². The van der Waals surface area contributed by atoms with Gasteiger partial charge in [-0.3, -0.25) is 9.44 Å². The Labute approximate surface area is 422 Å². The lowest BCUT2D eigenvalue weighted by Crippen LogP contribution is -2.31. The van der Waals surface area contributed by atoms with Gasteiger partial charge in [-0.15, -0.1) is 11.6 Å².